The quantitative estimate of drug-likeness (QED) is 0.907. The Bertz CT molecular complexity index is 646. The molecule has 0 bridgehead atoms. The predicted molar refractivity (Wildman–Crippen MR) is 77.8 cm³/mol. The van der Waals surface area contributed by atoms with Gasteiger partial charge in [0.25, 0.3) is 5.91 Å². The van der Waals surface area contributed by atoms with E-state index < -0.39 is 0 Å². The van der Waals surface area contributed by atoms with Crippen molar-refractivity contribution in [3.63, 3.8) is 0 Å². The zero-order valence-electron chi connectivity index (χ0n) is 12.2. The maximum absolute atomic E-state index is 12.0. The van der Waals surface area contributed by atoms with Crippen LogP contribution in [0.4, 0.5) is 5.69 Å². The maximum atomic E-state index is 12.0. The summed E-state index contributed by atoms with van der Waals surface area (Å²) >= 11 is 0. The Labute approximate surface area is 122 Å². The number of likely N-dealkylation sites (N-methyl/N-ethyl adjacent to an activating group) is 1. The first-order valence-corrected chi connectivity index (χ1v) is 6.44. The van der Waals surface area contributed by atoms with Crippen molar-refractivity contribution in [2.75, 3.05) is 19.4 Å². The molecular formula is C14H17N5O2. The summed E-state index contributed by atoms with van der Waals surface area (Å²) in [6.45, 7) is 2.02. The van der Waals surface area contributed by atoms with Gasteiger partial charge >= 0.3 is 0 Å². The number of carbonyl (C=O) groups excluding carboxylic acids is 2. The lowest BCUT2D eigenvalue weighted by molar-refractivity contribution is -0.129. The van der Waals surface area contributed by atoms with Gasteiger partial charge in [-0.1, -0.05) is 22.9 Å². The number of aromatic nitrogens is 3. The number of hydrogen-bond acceptors (Lipinski definition) is 4. The van der Waals surface area contributed by atoms with Gasteiger partial charge < -0.3 is 10.2 Å². The third-order valence-electron chi connectivity index (χ3n) is 2.88. The first-order chi connectivity index (χ1) is 9.95. The van der Waals surface area contributed by atoms with Crippen molar-refractivity contribution in [2.24, 2.45) is 0 Å². The molecule has 0 spiro atoms. The monoisotopic (exact) mass is 287 g/mol. The molecule has 0 saturated heterocycles. The third kappa shape index (κ3) is 3.88. The van der Waals surface area contributed by atoms with Crippen molar-refractivity contribution < 1.29 is 9.59 Å². The van der Waals surface area contributed by atoms with Crippen LogP contribution in [-0.4, -0.2) is 45.8 Å². The summed E-state index contributed by atoms with van der Waals surface area (Å²) in [7, 11) is 3.31. The number of aryl methyl sites for hydroxylation is 1. The Balaban J connectivity index is 2.02. The largest absolute Gasteiger partial charge is 0.347 e. The number of nitrogens with one attached hydrogen (secondary N) is 1. The van der Waals surface area contributed by atoms with Crippen LogP contribution >= 0.6 is 0 Å². The van der Waals surface area contributed by atoms with Gasteiger partial charge in [-0.15, -0.1) is 5.10 Å². The highest BCUT2D eigenvalue weighted by molar-refractivity contribution is 6.02. The van der Waals surface area contributed by atoms with Crippen molar-refractivity contribution in [2.45, 2.75) is 13.5 Å². The molecule has 0 atom stereocenters. The molecule has 7 nitrogen and oxygen atoms in total. The van der Waals surface area contributed by atoms with E-state index in [-0.39, 0.29) is 24.1 Å². The van der Waals surface area contributed by atoms with Crippen molar-refractivity contribution in [3.8, 4) is 0 Å². The van der Waals surface area contributed by atoms with E-state index in [9.17, 15) is 9.59 Å². The van der Waals surface area contributed by atoms with Crippen LogP contribution in [0, 0.1) is 6.92 Å². The molecule has 2 amide bonds. The standard InChI is InChI=1S/C14H17N5O2/c1-10-4-6-11(7-5-10)15-14(21)12-8-19(17-16-12)9-13(20)18(2)3/h4-8H,9H2,1-3H3,(H,15,21). The Morgan fingerprint density at radius 2 is 1.90 bits per heavy atom. The van der Waals surface area contributed by atoms with Crippen LogP contribution in [0.1, 0.15) is 16.1 Å². The Hall–Kier alpha value is -2.70. The van der Waals surface area contributed by atoms with E-state index in [1.165, 1.54) is 15.8 Å². The molecule has 2 rings (SSSR count). The summed E-state index contributed by atoms with van der Waals surface area (Å²) < 4.78 is 1.34. The van der Waals surface area contributed by atoms with Gasteiger partial charge in [0, 0.05) is 19.8 Å². The maximum Gasteiger partial charge on any atom is 0.277 e. The minimum atomic E-state index is -0.359. The third-order valence-corrected chi connectivity index (χ3v) is 2.88. The Morgan fingerprint density at radius 3 is 2.52 bits per heavy atom. The van der Waals surface area contributed by atoms with Gasteiger partial charge in [-0.3, -0.25) is 9.59 Å². The van der Waals surface area contributed by atoms with E-state index in [1.807, 2.05) is 31.2 Å². The van der Waals surface area contributed by atoms with Crippen LogP contribution in [0.3, 0.4) is 0 Å². The minimum absolute atomic E-state index is 0.0534. The number of carbonyl (C=O) groups is 2. The van der Waals surface area contributed by atoms with Crippen LogP contribution in [-0.2, 0) is 11.3 Å². The molecule has 0 aliphatic rings. The lowest BCUT2D eigenvalue weighted by atomic mass is 10.2. The van der Waals surface area contributed by atoms with Crippen LogP contribution in [0.5, 0.6) is 0 Å². The SMILES string of the molecule is Cc1ccc(NC(=O)c2cn(CC(=O)N(C)C)nn2)cc1. The van der Waals surface area contributed by atoms with Gasteiger partial charge in [-0.2, -0.15) is 0 Å². The van der Waals surface area contributed by atoms with E-state index in [1.54, 1.807) is 14.1 Å². The molecule has 1 N–H and O–H groups in total. The van der Waals surface area contributed by atoms with Gasteiger partial charge in [0.05, 0.1) is 6.20 Å². The summed E-state index contributed by atoms with van der Waals surface area (Å²) in [5, 5.41) is 10.3. The molecule has 0 aliphatic carbocycles. The first-order valence-electron chi connectivity index (χ1n) is 6.44. The normalized spacial score (nSPS) is 10.2. The average Bonchev–Trinajstić information content (AvgIpc) is 2.90. The van der Waals surface area contributed by atoms with E-state index in [0.29, 0.717) is 5.69 Å². The molecule has 21 heavy (non-hydrogen) atoms. The van der Waals surface area contributed by atoms with E-state index in [2.05, 4.69) is 15.6 Å². The van der Waals surface area contributed by atoms with Gasteiger partial charge in [0.15, 0.2) is 5.69 Å². The highest BCUT2D eigenvalue weighted by Crippen LogP contribution is 2.09. The Morgan fingerprint density at radius 1 is 1.24 bits per heavy atom. The van der Waals surface area contributed by atoms with Crippen LogP contribution in [0.15, 0.2) is 30.5 Å². The number of hydrogen-bond donors (Lipinski definition) is 1. The first kappa shape index (κ1) is 14.7. The second-order valence-corrected chi connectivity index (χ2v) is 4.91. The highest BCUT2D eigenvalue weighted by Gasteiger charge is 2.13. The van der Waals surface area contributed by atoms with Crippen molar-refractivity contribution >= 4 is 17.5 Å². The number of anilines is 1. The molecule has 7 heteroatoms. The number of amides is 2. The molecule has 1 heterocycles. The van der Waals surface area contributed by atoms with E-state index in [4.69, 9.17) is 0 Å². The fourth-order valence-corrected chi connectivity index (χ4v) is 1.59. The molecule has 1 aromatic heterocycles. The smallest absolute Gasteiger partial charge is 0.277 e. The van der Waals surface area contributed by atoms with Gasteiger partial charge in [-0.05, 0) is 19.1 Å². The van der Waals surface area contributed by atoms with E-state index in [0.717, 1.165) is 5.56 Å². The molecule has 2 aromatic rings. The molecule has 1 aromatic carbocycles. The number of rotatable bonds is 4. The molecule has 0 fully saturated rings. The van der Waals surface area contributed by atoms with Gasteiger partial charge in [0.1, 0.15) is 6.54 Å². The minimum Gasteiger partial charge on any atom is -0.347 e. The lowest BCUT2D eigenvalue weighted by Crippen LogP contribution is -2.26. The Kier molecular flexibility index (Phi) is 4.32. The summed E-state index contributed by atoms with van der Waals surface area (Å²) in [6.07, 6.45) is 1.45. The molecule has 0 aliphatic heterocycles. The van der Waals surface area contributed by atoms with Gasteiger partial charge in [0.2, 0.25) is 5.91 Å². The highest BCUT2D eigenvalue weighted by atomic mass is 16.2. The summed E-state index contributed by atoms with van der Waals surface area (Å²) in [5.41, 5.74) is 1.97. The van der Waals surface area contributed by atoms with Crippen LogP contribution in [0.2, 0.25) is 0 Å². The van der Waals surface area contributed by atoms with Gasteiger partial charge in [-0.25, -0.2) is 4.68 Å². The second-order valence-electron chi connectivity index (χ2n) is 4.91. The van der Waals surface area contributed by atoms with Crippen molar-refractivity contribution in [3.05, 3.63) is 41.7 Å². The topological polar surface area (TPSA) is 80.1 Å². The summed E-state index contributed by atoms with van der Waals surface area (Å²) in [5.74, 6) is -0.479. The predicted octanol–water partition coefficient (Wildman–Crippen LogP) is 0.927. The fraction of sp³-hybridized carbons (Fsp3) is 0.286. The number of benzene rings is 1. The summed E-state index contributed by atoms with van der Waals surface area (Å²) in [6, 6.07) is 7.44. The second kappa shape index (κ2) is 6.17. The molecular weight excluding hydrogens is 270 g/mol. The number of nitrogens with zero attached hydrogens (tertiary/aromatic N) is 4. The molecule has 0 unspecified atom stereocenters. The zero-order chi connectivity index (χ0) is 15.4. The average molecular weight is 287 g/mol. The molecule has 0 radical (unpaired) electrons. The zero-order valence-corrected chi connectivity index (χ0v) is 12.2. The van der Waals surface area contributed by atoms with Crippen molar-refractivity contribution in [1.29, 1.82) is 0 Å². The molecule has 0 saturated carbocycles. The summed E-state index contributed by atoms with van der Waals surface area (Å²) in [4.78, 5) is 25.0. The fourth-order valence-electron chi connectivity index (χ4n) is 1.59. The van der Waals surface area contributed by atoms with Crippen LogP contribution in [0.25, 0.3) is 0 Å². The molecule has 110 valence electrons. The van der Waals surface area contributed by atoms with E-state index >= 15 is 0 Å². The van der Waals surface area contributed by atoms with Crippen LogP contribution < -0.4 is 5.32 Å². The lowest BCUT2D eigenvalue weighted by Gasteiger charge is -2.08. The van der Waals surface area contributed by atoms with Crippen molar-refractivity contribution in [1.82, 2.24) is 19.9 Å².